The molecule has 5 heteroatoms. The molecule has 0 atom stereocenters. The van der Waals surface area contributed by atoms with Crippen LogP contribution in [0.5, 0.6) is 5.75 Å². The number of ether oxygens (including phenoxy) is 1. The third-order valence-electron chi connectivity index (χ3n) is 2.63. The van der Waals surface area contributed by atoms with Crippen LogP contribution < -0.4 is 10.1 Å². The van der Waals surface area contributed by atoms with Gasteiger partial charge in [0.25, 0.3) is 5.91 Å². The molecule has 0 fully saturated rings. The largest absolute Gasteiger partial charge is 0.497 e. The van der Waals surface area contributed by atoms with Crippen molar-refractivity contribution in [3.8, 4) is 5.75 Å². The zero-order valence-corrected chi connectivity index (χ0v) is 10.8. The van der Waals surface area contributed by atoms with Gasteiger partial charge in [-0.15, -0.1) is 0 Å². The molecule has 100 valence electrons. The van der Waals surface area contributed by atoms with Gasteiger partial charge in [-0.3, -0.25) is 4.79 Å². The van der Waals surface area contributed by atoms with E-state index >= 15 is 0 Å². The van der Waals surface area contributed by atoms with Crippen LogP contribution in [-0.4, -0.2) is 19.1 Å². The maximum atomic E-state index is 12.0. The third kappa shape index (κ3) is 3.31. The number of carbonyl (C=O) groups is 1. The van der Waals surface area contributed by atoms with Gasteiger partial charge in [0.15, 0.2) is 0 Å². The Morgan fingerprint density at radius 3 is 2.60 bits per heavy atom. The van der Waals surface area contributed by atoms with Gasteiger partial charge in [0, 0.05) is 17.3 Å². The second kappa shape index (κ2) is 6.31. The fourth-order valence-corrected chi connectivity index (χ4v) is 1.64. The standard InChI is InChI=1S/C15H12N2O3/c1-20-14-4-2-3-13(9-14)17-15(19)11-5-7-12(8-6-11)16-10-18/h2-9H,1H3,(H,17,19). The van der Waals surface area contributed by atoms with Gasteiger partial charge in [-0.25, -0.2) is 4.79 Å². The van der Waals surface area contributed by atoms with Crippen molar-refractivity contribution in [1.82, 2.24) is 0 Å². The first kappa shape index (κ1) is 13.5. The van der Waals surface area contributed by atoms with Crippen molar-refractivity contribution >= 4 is 23.4 Å². The first-order valence-corrected chi connectivity index (χ1v) is 5.86. The first-order chi connectivity index (χ1) is 9.72. The predicted octanol–water partition coefficient (Wildman–Crippen LogP) is 2.91. The predicted molar refractivity (Wildman–Crippen MR) is 75.2 cm³/mol. The Bertz CT molecular complexity index is 659. The number of benzene rings is 2. The number of nitrogens with one attached hydrogen (secondary N) is 1. The lowest BCUT2D eigenvalue weighted by Gasteiger charge is -2.07. The minimum Gasteiger partial charge on any atom is -0.497 e. The van der Waals surface area contributed by atoms with E-state index in [2.05, 4.69) is 10.3 Å². The number of methoxy groups -OCH3 is 1. The van der Waals surface area contributed by atoms with Gasteiger partial charge in [0.2, 0.25) is 6.08 Å². The van der Waals surface area contributed by atoms with Gasteiger partial charge >= 0.3 is 0 Å². The quantitative estimate of drug-likeness (QED) is 0.684. The summed E-state index contributed by atoms with van der Waals surface area (Å²) in [6.07, 6.45) is 1.45. The first-order valence-electron chi connectivity index (χ1n) is 5.86. The molecule has 0 unspecified atom stereocenters. The van der Waals surface area contributed by atoms with Crippen LogP contribution >= 0.6 is 0 Å². The molecule has 0 aliphatic carbocycles. The van der Waals surface area contributed by atoms with E-state index in [1.165, 1.54) is 6.08 Å². The van der Waals surface area contributed by atoms with E-state index in [4.69, 9.17) is 4.74 Å². The number of nitrogens with zero attached hydrogens (tertiary/aromatic N) is 1. The Morgan fingerprint density at radius 2 is 1.95 bits per heavy atom. The average molecular weight is 268 g/mol. The summed E-state index contributed by atoms with van der Waals surface area (Å²) in [5.74, 6) is 0.415. The van der Waals surface area contributed by atoms with Crippen molar-refractivity contribution in [3.63, 3.8) is 0 Å². The summed E-state index contributed by atoms with van der Waals surface area (Å²) in [4.78, 5) is 25.6. The van der Waals surface area contributed by atoms with Gasteiger partial charge in [-0.1, -0.05) is 6.07 Å². The van der Waals surface area contributed by atoms with E-state index in [-0.39, 0.29) is 5.91 Å². The van der Waals surface area contributed by atoms with Gasteiger partial charge < -0.3 is 10.1 Å². The summed E-state index contributed by atoms with van der Waals surface area (Å²) < 4.78 is 5.08. The lowest BCUT2D eigenvalue weighted by atomic mass is 10.2. The highest BCUT2D eigenvalue weighted by atomic mass is 16.5. The maximum Gasteiger partial charge on any atom is 0.255 e. The fraction of sp³-hybridized carbons (Fsp3) is 0.0667. The van der Waals surface area contributed by atoms with Gasteiger partial charge in [-0.05, 0) is 36.4 Å². The van der Waals surface area contributed by atoms with E-state index < -0.39 is 0 Å². The molecule has 0 radical (unpaired) electrons. The number of hydrogen-bond acceptors (Lipinski definition) is 4. The highest BCUT2D eigenvalue weighted by Gasteiger charge is 2.06. The number of rotatable bonds is 4. The van der Waals surface area contributed by atoms with Crippen molar-refractivity contribution in [2.45, 2.75) is 0 Å². The zero-order valence-electron chi connectivity index (χ0n) is 10.8. The lowest BCUT2D eigenvalue weighted by Crippen LogP contribution is -2.11. The molecule has 0 heterocycles. The second-order valence-corrected chi connectivity index (χ2v) is 3.94. The number of hydrogen-bond donors (Lipinski definition) is 1. The minimum atomic E-state index is -0.250. The van der Waals surface area contributed by atoms with Crippen LogP contribution in [0.2, 0.25) is 0 Å². The van der Waals surface area contributed by atoms with Crippen LogP contribution in [0.25, 0.3) is 0 Å². The fourth-order valence-electron chi connectivity index (χ4n) is 1.64. The van der Waals surface area contributed by atoms with Crippen LogP contribution in [0.4, 0.5) is 11.4 Å². The molecule has 5 nitrogen and oxygen atoms in total. The van der Waals surface area contributed by atoms with E-state index in [0.717, 1.165) is 0 Å². The van der Waals surface area contributed by atoms with Gasteiger partial charge in [0.05, 0.1) is 12.8 Å². The Labute approximate surface area is 115 Å². The molecule has 0 aliphatic rings. The van der Waals surface area contributed by atoms with E-state index in [1.807, 2.05) is 0 Å². The van der Waals surface area contributed by atoms with Crippen LogP contribution in [-0.2, 0) is 4.79 Å². The molecule has 0 spiro atoms. The molecule has 1 amide bonds. The number of amides is 1. The van der Waals surface area contributed by atoms with Gasteiger partial charge in [-0.2, -0.15) is 4.99 Å². The topological polar surface area (TPSA) is 67.8 Å². The number of anilines is 1. The summed E-state index contributed by atoms with van der Waals surface area (Å²) in [6, 6.07) is 13.4. The molecular weight excluding hydrogens is 256 g/mol. The number of isocyanates is 1. The molecule has 0 aromatic heterocycles. The van der Waals surface area contributed by atoms with Crippen LogP contribution in [0, 0.1) is 0 Å². The molecule has 0 aliphatic heterocycles. The normalized spacial score (nSPS) is 9.45. The number of aliphatic imine (C=N–C) groups is 1. The highest BCUT2D eigenvalue weighted by Crippen LogP contribution is 2.18. The smallest absolute Gasteiger partial charge is 0.255 e. The van der Waals surface area contributed by atoms with Crippen LogP contribution in [0.3, 0.4) is 0 Å². The number of carbonyl (C=O) groups excluding carboxylic acids is 2. The molecule has 2 aromatic carbocycles. The van der Waals surface area contributed by atoms with Crippen molar-refractivity contribution in [3.05, 3.63) is 54.1 Å². The summed E-state index contributed by atoms with van der Waals surface area (Å²) in [6.45, 7) is 0. The average Bonchev–Trinajstić information content (AvgIpc) is 2.48. The third-order valence-corrected chi connectivity index (χ3v) is 2.63. The molecule has 20 heavy (non-hydrogen) atoms. The van der Waals surface area contributed by atoms with E-state index in [0.29, 0.717) is 22.7 Å². The van der Waals surface area contributed by atoms with Crippen molar-refractivity contribution < 1.29 is 14.3 Å². The van der Waals surface area contributed by atoms with Crippen molar-refractivity contribution in [2.75, 3.05) is 12.4 Å². The zero-order chi connectivity index (χ0) is 14.4. The summed E-state index contributed by atoms with van der Waals surface area (Å²) in [5.41, 5.74) is 1.57. The molecule has 0 saturated heterocycles. The van der Waals surface area contributed by atoms with Crippen molar-refractivity contribution in [2.24, 2.45) is 4.99 Å². The van der Waals surface area contributed by atoms with Gasteiger partial charge in [0.1, 0.15) is 5.75 Å². The van der Waals surface area contributed by atoms with E-state index in [9.17, 15) is 9.59 Å². The Kier molecular flexibility index (Phi) is 4.27. The molecule has 0 saturated carbocycles. The molecule has 1 N–H and O–H groups in total. The van der Waals surface area contributed by atoms with Crippen molar-refractivity contribution in [1.29, 1.82) is 0 Å². The maximum absolute atomic E-state index is 12.0. The SMILES string of the molecule is COc1cccc(NC(=O)c2ccc(N=C=O)cc2)c1. The Morgan fingerprint density at radius 1 is 1.20 bits per heavy atom. The van der Waals surface area contributed by atoms with Crippen LogP contribution in [0.15, 0.2) is 53.5 Å². The highest BCUT2D eigenvalue weighted by molar-refractivity contribution is 6.04. The van der Waals surface area contributed by atoms with Crippen LogP contribution in [0.1, 0.15) is 10.4 Å². The second-order valence-electron chi connectivity index (χ2n) is 3.94. The van der Waals surface area contributed by atoms with E-state index in [1.54, 1.807) is 55.6 Å². The molecule has 0 bridgehead atoms. The molecule has 2 aromatic rings. The Hall–Kier alpha value is -2.91. The molecular formula is C15H12N2O3. The summed E-state index contributed by atoms with van der Waals surface area (Å²) in [7, 11) is 1.56. The Balaban J connectivity index is 2.12. The lowest BCUT2D eigenvalue weighted by molar-refractivity contribution is 0.102. The summed E-state index contributed by atoms with van der Waals surface area (Å²) in [5, 5.41) is 2.76. The minimum absolute atomic E-state index is 0.250. The summed E-state index contributed by atoms with van der Waals surface area (Å²) >= 11 is 0. The molecule has 2 rings (SSSR count). The monoisotopic (exact) mass is 268 g/mol.